The molecule has 1 atom stereocenters. The standard InChI is InChI=1S/C11H18O2/c1-8-7-11(2,3)10(12)9(8)5-6-13-4/h5,10,12H,1,6-7H2,2-4H3/b9-5-. The Balaban J connectivity index is 2.82. The maximum Gasteiger partial charge on any atom is 0.0844 e. The predicted molar refractivity (Wildman–Crippen MR) is 53.5 cm³/mol. The van der Waals surface area contributed by atoms with Gasteiger partial charge in [-0.1, -0.05) is 26.5 Å². The Kier molecular flexibility index (Phi) is 2.94. The summed E-state index contributed by atoms with van der Waals surface area (Å²) < 4.78 is 4.94. The van der Waals surface area contributed by atoms with Crippen molar-refractivity contribution in [2.45, 2.75) is 26.4 Å². The summed E-state index contributed by atoms with van der Waals surface area (Å²) in [5, 5.41) is 9.93. The zero-order valence-electron chi connectivity index (χ0n) is 8.63. The maximum absolute atomic E-state index is 9.93. The van der Waals surface area contributed by atoms with Crippen LogP contribution in [-0.4, -0.2) is 24.9 Å². The van der Waals surface area contributed by atoms with Crippen LogP contribution in [0.4, 0.5) is 0 Å². The van der Waals surface area contributed by atoms with Crippen molar-refractivity contribution in [2.24, 2.45) is 5.41 Å². The minimum Gasteiger partial charge on any atom is -0.388 e. The average molecular weight is 182 g/mol. The van der Waals surface area contributed by atoms with Gasteiger partial charge in [0, 0.05) is 7.11 Å². The zero-order chi connectivity index (χ0) is 10.1. The molecule has 0 radical (unpaired) electrons. The number of methoxy groups -OCH3 is 1. The minimum atomic E-state index is -0.393. The number of aliphatic hydroxyl groups is 1. The van der Waals surface area contributed by atoms with Crippen LogP contribution in [0.2, 0.25) is 0 Å². The number of hydrogen-bond donors (Lipinski definition) is 1. The first kappa shape index (κ1) is 10.5. The van der Waals surface area contributed by atoms with Gasteiger partial charge in [0.25, 0.3) is 0 Å². The zero-order valence-corrected chi connectivity index (χ0v) is 8.63. The van der Waals surface area contributed by atoms with Crippen LogP contribution in [0, 0.1) is 5.41 Å². The lowest BCUT2D eigenvalue weighted by Crippen LogP contribution is -2.23. The highest BCUT2D eigenvalue weighted by Gasteiger charge is 2.38. The van der Waals surface area contributed by atoms with Crippen molar-refractivity contribution < 1.29 is 9.84 Å². The number of aliphatic hydroxyl groups excluding tert-OH is 1. The molecule has 2 nitrogen and oxygen atoms in total. The van der Waals surface area contributed by atoms with Crippen molar-refractivity contribution in [1.29, 1.82) is 0 Å². The van der Waals surface area contributed by atoms with E-state index in [-0.39, 0.29) is 5.41 Å². The maximum atomic E-state index is 9.93. The fourth-order valence-corrected chi connectivity index (χ4v) is 1.79. The van der Waals surface area contributed by atoms with Crippen molar-refractivity contribution in [3.8, 4) is 0 Å². The summed E-state index contributed by atoms with van der Waals surface area (Å²) in [7, 11) is 1.65. The first-order chi connectivity index (χ1) is 5.99. The highest BCUT2D eigenvalue weighted by atomic mass is 16.5. The molecule has 0 aromatic carbocycles. The van der Waals surface area contributed by atoms with Crippen LogP contribution >= 0.6 is 0 Å². The van der Waals surface area contributed by atoms with E-state index in [9.17, 15) is 5.11 Å². The molecule has 74 valence electrons. The molecular weight excluding hydrogens is 164 g/mol. The number of ether oxygens (including phenoxy) is 1. The molecule has 0 aromatic rings. The van der Waals surface area contributed by atoms with Crippen molar-refractivity contribution in [3.05, 3.63) is 23.8 Å². The molecule has 1 aliphatic carbocycles. The fourth-order valence-electron chi connectivity index (χ4n) is 1.79. The van der Waals surface area contributed by atoms with E-state index in [1.165, 1.54) is 0 Å². The molecule has 0 aliphatic heterocycles. The minimum absolute atomic E-state index is 0.0728. The van der Waals surface area contributed by atoms with E-state index in [4.69, 9.17) is 4.74 Å². The van der Waals surface area contributed by atoms with Crippen LogP contribution in [-0.2, 0) is 4.74 Å². The second kappa shape index (κ2) is 3.64. The van der Waals surface area contributed by atoms with Crippen molar-refractivity contribution in [2.75, 3.05) is 13.7 Å². The molecule has 1 saturated carbocycles. The Labute approximate surface area is 79.9 Å². The Morgan fingerprint density at radius 2 is 2.31 bits per heavy atom. The summed E-state index contributed by atoms with van der Waals surface area (Å²) in [4.78, 5) is 0. The van der Waals surface area contributed by atoms with Crippen LogP contribution < -0.4 is 0 Å². The van der Waals surface area contributed by atoms with Crippen molar-refractivity contribution in [1.82, 2.24) is 0 Å². The van der Waals surface area contributed by atoms with E-state index in [1.807, 2.05) is 6.08 Å². The van der Waals surface area contributed by atoms with E-state index in [1.54, 1.807) is 7.11 Å². The highest BCUT2D eigenvalue weighted by molar-refractivity contribution is 5.39. The summed E-state index contributed by atoms with van der Waals surface area (Å²) in [5.41, 5.74) is 1.91. The van der Waals surface area contributed by atoms with Gasteiger partial charge in [-0.2, -0.15) is 0 Å². The molecule has 0 saturated heterocycles. The molecule has 0 aromatic heterocycles. The fraction of sp³-hybridized carbons (Fsp3) is 0.636. The molecule has 1 aliphatic rings. The van der Waals surface area contributed by atoms with E-state index in [2.05, 4.69) is 20.4 Å². The summed E-state index contributed by atoms with van der Waals surface area (Å²) in [6, 6.07) is 0. The SMILES string of the molecule is C=C1CC(C)(C)C(O)/C1=C\COC. The Bertz CT molecular complexity index is 238. The van der Waals surface area contributed by atoms with Gasteiger partial charge in [-0.3, -0.25) is 0 Å². The van der Waals surface area contributed by atoms with Gasteiger partial charge in [0.1, 0.15) is 0 Å². The smallest absolute Gasteiger partial charge is 0.0844 e. The van der Waals surface area contributed by atoms with E-state index < -0.39 is 6.10 Å². The van der Waals surface area contributed by atoms with Crippen molar-refractivity contribution >= 4 is 0 Å². The van der Waals surface area contributed by atoms with Gasteiger partial charge in [-0.05, 0) is 23.0 Å². The van der Waals surface area contributed by atoms with Gasteiger partial charge >= 0.3 is 0 Å². The van der Waals surface area contributed by atoms with Crippen LogP contribution in [0.5, 0.6) is 0 Å². The number of hydrogen-bond acceptors (Lipinski definition) is 2. The molecule has 13 heavy (non-hydrogen) atoms. The molecule has 0 bridgehead atoms. The lowest BCUT2D eigenvalue weighted by molar-refractivity contribution is 0.104. The third-order valence-electron chi connectivity index (χ3n) is 2.58. The van der Waals surface area contributed by atoms with Gasteiger partial charge < -0.3 is 9.84 Å². The quantitative estimate of drug-likeness (QED) is 0.707. The normalized spacial score (nSPS) is 30.0. The summed E-state index contributed by atoms with van der Waals surface area (Å²) in [6.07, 6.45) is 2.39. The van der Waals surface area contributed by atoms with Crippen LogP contribution in [0.1, 0.15) is 20.3 Å². The molecule has 1 unspecified atom stereocenters. The molecule has 0 heterocycles. The Hall–Kier alpha value is -0.600. The van der Waals surface area contributed by atoms with Gasteiger partial charge in [0.05, 0.1) is 12.7 Å². The van der Waals surface area contributed by atoms with E-state index in [0.717, 1.165) is 17.6 Å². The molecule has 1 rings (SSSR count). The lowest BCUT2D eigenvalue weighted by Gasteiger charge is -2.21. The number of rotatable bonds is 2. The third kappa shape index (κ3) is 2.01. The van der Waals surface area contributed by atoms with Gasteiger partial charge in [-0.25, -0.2) is 0 Å². The third-order valence-corrected chi connectivity index (χ3v) is 2.58. The molecular formula is C11H18O2. The highest BCUT2D eigenvalue weighted by Crippen LogP contribution is 2.43. The summed E-state index contributed by atoms with van der Waals surface area (Å²) in [6.45, 7) is 8.60. The average Bonchev–Trinajstić information content (AvgIpc) is 2.21. The second-order valence-corrected chi connectivity index (χ2v) is 4.29. The van der Waals surface area contributed by atoms with Crippen LogP contribution in [0.15, 0.2) is 23.8 Å². The second-order valence-electron chi connectivity index (χ2n) is 4.29. The van der Waals surface area contributed by atoms with Crippen LogP contribution in [0.3, 0.4) is 0 Å². The van der Waals surface area contributed by atoms with E-state index in [0.29, 0.717) is 6.61 Å². The Morgan fingerprint density at radius 1 is 1.69 bits per heavy atom. The first-order valence-electron chi connectivity index (χ1n) is 4.54. The monoisotopic (exact) mass is 182 g/mol. The summed E-state index contributed by atoms with van der Waals surface area (Å²) in [5.74, 6) is 0. The molecule has 1 N–H and O–H groups in total. The molecule has 0 amide bonds. The topological polar surface area (TPSA) is 29.5 Å². The van der Waals surface area contributed by atoms with Gasteiger partial charge in [0.2, 0.25) is 0 Å². The van der Waals surface area contributed by atoms with Gasteiger partial charge in [-0.15, -0.1) is 0 Å². The molecule has 1 fully saturated rings. The van der Waals surface area contributed by atoms with Crippen LogP contribution in [0.25, 0.3) is 0 Å². The van der Waals surface area contributed by atoms with Gasteiger partial charge in [0.15, 0.2) is 0 Å². The predicted octanol–water partition coefficient (Wildman–Crippen LogP) is 1.91. The largest absolute Gasteiger partial charge is 0.388 e. The first-order valence-corrected chi connectivity index (χ1v) is 4.54. The van der Waals surface area contributed by atoms with Crippen molar-refractivity contribution in [3.63, 3.8) is 0 Å². The molecule has 2 heteroatoms. The lowest BCUT2D eigenvalue weighted by atomic mass is 9.88. The molecule has 0 spiro atoms. The summed E-state index contributed by atoms with van der Waals surface area (Å²) >= 11 is 0. The van der Waals surface area contributed by atoms with E-state index >= 15 is 0 Å². The Morgan fingerprint density at radius 3 is 2.69 bits per heavy atom.